The Morgan fingerprint density at radius 2 is 2.04 bits per heavy atom. The zero-order valence-corrected chi connectivity index (χ0v) is 15.5. The number of rotatable bonds is 4. The van der Waals surface area contributed by atoms with E-state index in [0.717, 1.165) is 31.1 Å². The molecule has 2 saturated heterocycles. The molecule has 27 heavy (non-hydrogen) atoms. The maximum absolute atomic E-state index is 12.8. The van der Waals surface area contributed by atoms with E-state index in [-0.39, 0.29) is 17.6 Å². The number of aryl methyl sites for hydroxylation is 1. The topological polar surface area (TPSA) is 78.5 Å². The summed E-state index contributed by atoms with van der Waals surface area (Å²) in [5.41, 5.74) is 0.938. The lowest BCUT2D eigenvalue weighted by atomic mass is 10.2. The Kier molecular flexibility index (Phi) is 4.83. The summed E-state index contributed by atoms with van der Waals surface area (Å²) in [7, 11) is 0. The van der Waals surface area contributed by atoms with Gasteiger partial charge in [0.2, 0.25) is 5.56 Å². The molecule has 1 N–H and O–H groups in total. The van der Waals surface area contributed by atoms with Crippen molar-refractivity contribution in [2.45, 2.75) is 32.3 Å². The summed E-state index contributed by atoms with van der Waals surface area (Å²) < 4.78 is 6.23. The Bertz CT molecular complexity index is 889. The highest BCUT2D eigenvalue weighted by Gasteiger charge is 2.30. The van der Waals surface area contributed by atoms with Gasteiger partial charge in [-0.25, -0.2) is 4.98 Å². The number of hydrogen-bond acceptors (Lipinski definition) is 5. The van der Waals surface area contributed by atoms with Crippen molar-refractivity contribution in [3.8, 4) is 5.75 Å². The fourth-order valence-electron chi connectivity index (χ4n) is 3.81. The molecule has 7 heteroatoms. The van der Waals surface area contributed by atoms with E-state index in [0.29, 0.717) is 24.3 Å². The first kappa shape index (κ1) is 17.6. The Balaban J connectivity index is 1.44. The number of nitrogens with zero attached hydrogens (tertiary/aromatic N) is 3. The molecule has 2 aromatic heterocycles. The van der Waals surface area contributed by atoms with E-state index < -0.39 is 0 Å². The summed E-state index contributed by atoms with van der Waals surface area (Å²) in [5, 5.41) is 0. The van der Waals surface area contributed by atoms with E-state index in [1.807, 2.05) is 12.1 Å². The average molecular weight is 368 g/mol. The molecule has 0 bridgehead atoms. The van der Waals surface area contributed by atoms with Gasteiger partial charge in [-0.1, -0.05) is 0 Å². The largest absolute Gasteiger partial charge is 0.485 e. The molecule has 0 aliphatic carbocycles. The number of ether oxygens (including phenoxy) is 1. The average Bonchev–Trinajstić information content (AvgIpc) is 3.34. The Morgan fingerprint density at radius 1 is 1.22 bits per heavy atom. The molecule has 2 aromatic rings. The highest BCUT2D eigenvalue weighted by Crippen LogP contribution is 2.30. The van der Waals surface area contributed by atoms with Crippen molar-refractivity contribution in [3.05, 3.63) is 52.1 Å². The number of hydrogen-bond donors (Lipinski definition) is 1. The number of amides is 1. The molecular formula is C20H24N4O3. The standard InChI is InChI=1S/C20H24N4O3/c1-14-16(6-7-18(25)22-14)20(26)24-12-8-15(13-24)27-17-5-4-9-21-19(17)23-10-2-3-11-23/h4-7,9,15H,2-3,8,10-13H2,1H3,(H,22,25)/t15-/m0/s1. The van der Waals surface area contributed by atoms with Crippen LogP contribution in [0.5, 0.6) is 5.75 Å². The molecule has 142 valence electrons. The van der Waals surface area contributed by atoms with Gasteiger partial charge in [0.1, 0.15) is 6.10 Å². The summed E-state index contributed by atoms with van der Waals surface area (Å²) in [4.78, 5) is 35.4. The van der Waals surface area contributed by atoms with Gasteiger partial charge in [-0.2, -0.15) is 0 Å². The molecule has 1 atom stereocenters. The van der Waals surface area contributed by atoms with Crippen molar-refractivity contribution < 1.29 is 9.53 Å². The normalized spacial score (nSPS) is 19.5. The first-order valence-electron chi connectivity index (χ1n) is 9.47. The second-order valence-electron chi connectivity index (χ2n) is 7.16. The van der Waals surface area contributed by atoms with Gasteiger partial charge < -0.3 is 19.5 Å². The van der Waals surface area contributed by atoms with Crippen molar-refractivity contribution in [2.24, 2.45) is 0 Å². The zero-order valence-electron chi connectivity index (χ0n) is 15.5. The van der Waals surface area contributed by atoms with E-state index in [2.05, 4.69) is 14.9 Å². The number of aromatic nitrogens is 2. The van der Waals surface area contributed by atoms with E-state index in [9.17, 15) is 9.59 Å². The molecule has 2 aliphatic heterocycles. The molecule has 0 saturated carbocycles. The first-order chi connectivity index (χ1) is 13.1. The Morgan fingerprint density at radius 3 is 2.81 bits per heavy atom. The molecule has 4 rings (SSSR count). The highest BCUT2D eigenvalue weighted by molar-refractivity contribution is 5.95. The highest BCUT2D eigenvalue weighted by atomic mass is 16.5. The van der Waals surface area contributed by atoms with Gasteiger partial charge in [0, 0.05) is 44.0 Å². The lowest BCUT2D eigenvalue weighted by Gasteiger charge is -2.22. The smallest absolute Gasteiger partial charge is 0.255 e. The van der Waals surface area contributed by atoms with E-state index >= 15 is 0 Å². The Labute approximate surface area is 158 Å². The van der Waals surface area contributed by atoms with Crippen molar-refractivity contribution in [1.82, 2.24) is 14.9 Å². The second kappa shape index (κ2) is 7.42. The molecule has 0 aromatic carbocycles. The number of carbonyl (C=O) groups excluding carboxylic acids is 1. The molecule has 0 spiro atoms. The predicted molar refractivity (Wildman–Crippen MR) is 102 cm³/mol. The summed E-state index contributed by atoms with van der Waals surface area (Å²) in [5.74, 6) is 1.62. The van der Waals surface area contributed by atoms with Gasteiger partial charge in [-0.3, -0.25) is 9.59 Å². The summed E-state index contributed by atoms with van der Waals surface area (Å²) in [6, 6.07) is 6.83. The zero-order chi connectivity index (χ0) is 18.8. The number of carbonyl (C=O) groups is 1. The summed E-state index contributed by atoms with van der Waals surface area (Å²) in [6.07, 6.45) is 4.88. The molecule has 1 amide bonds. The maximum atomic E-state index is 12.8. The minimum atomic E-state index is -0.197. The predicted octanol–water partition coefficient (Wildman–Crippen LogP) is 1.97. The van der Waals surface area contributed by atoms with Crippen molar-refractivity contribution in [2.75, 3.05) is 31.1 Å². The lowest BCUT2D eigenvalue weighted by molar-refractivity contribution is 0.0771. The molecule has 2 aliphatic rings. The number of nitrogens with one attached hydrogen (secondary N) is 1. The van der Waals surface area contributed by atoms with Crippen LogP contribution in [0.2, 0.25) is 0 Å². The monoisotopic (exact) mass is 368 g/mol. The molecule has 2 fully saturated rings. The first-order valence-corrected chi connectivity index (χ1v) is 9.47. The fraction of sp³-hybridized carbons (Fsp3) is 0.450. The van der Waals surface area contributed by atoms with E-state index in [4.69, 9.17) is 4.74 Å². The van der Waals surface area contributed by atoms with Crippen molar-refractivity contribution >= 4 is 11.7 Å². The SMILES string of the molecule is Cc1[nH]c(=O)ccc1C(=O)N1CC[C@H](Oc2cccnc2N2CCCC2)C1. The minimum Gasteiger partial charge on any atom is -0.485 e. The van der Waals surface area contributed by atoms with Crippen LogP contribution in [0.4, 0.5) is 5.82 Å². The van der Waals surface area contributed by atoms with Gasteiger partial charge in [0.05, 0.1) is 12.1 Å². The van der Waals surface area contributed by atoms with Crippen LogP contribution in [0, 0.1) is 6.92 Å². The van der Waals surface area contributed by atoms with Crippen LogP contribution in [0.1, 0.15) is 35.3 Å². The minimum absolute atomic E-state index is 0.0532. The van der Waals surface area contributed by atoms with Gasteiger partial charge in [0.25, 0.3) is 5.91 Å². The fourth-order valence-corrected chi connectivity index (χ4v) is 3.81. The van der Waals surface area contributed by atoms with Crippen molar-refractivity contribution in [3.63, 3.8) is 0 Å². The number of likely N-dealkylation sites (tertiary alicyclic amines) is 1. The number of aromatic amines is 1. The van der Waals surface area contributed by atoms with Gasteiger partial charge >= 0.3 is 0 Å². The van der Waals surface area contributed by atoms with Crippen LogP contribution in [0.3, 0.4) is 0 Å². The van der Waals surface area contributed by atoms with Gasteiger partial charge in [-0.05, 0) is 38.0 Å². The maximum Gasteiger partial charge on any atom is 0.255 e. The Hall–Kier alpha value is -2.83. The summed E-state index contributed by atoms with van der Waals surface area (Å²) >= 11 is 0. The molecule has 0 unspecified atom stereocenters. The van der Waals surface area contributed by atoms with Crippen LogP contribution >= 0.6 is 0 Å². The quantitative estimate of drug-likeness (QED) is 0.893. The number of anilines is 1. The molecule has 7 nitrogen and oxygen atoms in total. The second-order valence-corrected chi connectivity index (χ2v) is 7.16. The summed E-state index contributed by atoms with van der Waals surface area (Å²) in [6.45, 7) is 4.94. The van der Waals surface area contributed by atoms with Gasteiger partial charge in [0.15, 0.2) is 11.6 Å². The number of H-pyrrole nitrogens is 1. The van der Waals surface area contributed by atoms with Crippen LogP contribution in [0.15, 0.2) is 35.3 Å². The lowest BCUT2D eigenvalue weighted by Crippen LogP contribution is -2.32. The van der Waals surface area contributed by atoms with Crippen LogP contribution in [-0.4, -0.2) is 53.1 Å². The number of pyridine rings is 2. The van der Waals surface area contributed by atoms with E-state index in [1.165, 1.54) is 18.9 Å². The molecular weight excluding hydrogens is 344 g/mol. The molecule has 4 heterocycles. The third-order valence-corrected chi connectivity index (χ3v) is 5.23. The third kappa shape index (κ3) is 3.67. The van der Waals surface area contributed by atoms with Crippen LogP contribution < -0.4 is 15.2 Å². The van der Waals surface area contributed by atoms with Crippen molar-refractivity contribution in [1.29, 1.82) is 0 Å². The van der Waals surface area contributed by atoms with Gasteiger partial charge in [-0.15, -0.1) is 0 Å². The molecule has 0 radical (unpaired) electrons. The van der Waals surface area contributed by atoms with Crippen LogP contribution in [0.25, 0.3) is 0 Å². The third-order valence-electron chi connectivity index (χ3n) is 5.23. The van der Waals surface area contributed by atoms with Crippen LogP contribution in [-0.2, 0) is 0 Å². The van der Waals surface area contributed by atoms with E-state index in [1.54, 1.807) is 24.1 Å².